The summed E-state index contributed by atoms with van der Waals surface area (Å²) in [6.07, 6.45) is 4.43. The number of rotatable bonds is 6. The molecule has 0 N–H and O–H groups in total. The van der Waals surface area contributed by atoms with Crippen LogP contribution in [0.25, 0.3) is 12.2 Å². The minimum atomic E-state index is -3.52. The highest BCUT2D eigenvalue weighted by Crippen LogP contribution is 2.10. The SMILES string of the molecule is O=C(/C=C\c1ccsc1)CS(=O)(=O)/C=C\c1ccsc1. The van der Waals surface area contributed by atoms with Gasteiger partial charge in [-0.1, -0.05) is 6.08 Å². The van der Waals surface area contributed by atoms with E-state index in [9.17, 15) is 13.2 Å². The van der Waals surface area contributed by atoms with Crippen LogP contribution in [0.2, 0.25) is 0 Å². The van der Waals surface area contributed by atoms with Crippen molar-refractivity contribution in [3.8, 4) is 0 Å². The summed E-state index contributed by atoms with van der Waals surface area (Å²) in [5.74, 6) is -0.931. The Morgan fingerprint density at radius 3 is 2.20 bits per heavy atom. The van der Waals surface area contributed by atoms with E-state index in [0.29, 0.717) is 0 Å². The number of sulfone groups is 1. The van der Waals surface area contributed by atoms with E-state index in [1.807, 2.05) is 33.7 Å². The molecule has 2 rings (SSSR count). The van der Waals surface area contributed by atoms with Gasteiger partial charge in [0.2, 0.25) is 0 Å². The predicted molar refractivity (Wildman–Crippen MR) is 85.5 cm³/mol. The summed E-state index contributed by atoms with van der Waals surface area (Å²) in [6, 6.07) is 3.67. The Morgan fingerprint density at radius 1 is 1.05 bits per heavy atom. The lowest BCUT2D eigenvalue weighted by Crippen LogP contribution is -2.11. The third-order valence-corrected chi connectivity index (χ3v) is 5.00. The highest BCUT2D eigenvalue weighted by molar-refractivity contribution is 7.95. The quantitative estimate of drug-likeness (QED) is 0.764. The predicted octanol–water partition coefficient (Wildman–Crippen LogP) is 3.48. The van der Waals surface area contributed by atoms with Crippen molar-refractivity contribution in [3.05, 3.63) is 56.3 Å². The molecule has 0 amide bonds. The summed E-state index contributed by atoms with van der Waals surface area (Å²) in [5.41, 5.74) is 1.72. The molecular formula is C14H12O3S3. The molecule has 2 aromatic rings. The lowest BCUT2D eigenvalue weighted by molar-refractivity contribution is -0.112. The van der Waals surface area contributed by atoms with Crippen molar-refractivity contribution in [2.75, 3.05) is 5.75 Å². The molecule has 0 spiro atoms. The van der Waals surface area contributed by atoms with Gasteiger partial charge in [-0.3, -0.25) is 4.79 Å². The number of allylic oxidation sites excluding steroid dienone is 1. The number of carbonyl (C=O) groups excluding carboxylic acids is 1. The summed E-state index contributed by atoms with van der Waals surface area (Å²) in [7, 11) is -3.52. The summed E-state index contributed by atoms with van der Waals surface area (Å²) < 4.78 is 23.5. The summed E-state index contributed by atoms with van der Waals surface area (Å²) in [4.78, 5) is 11.6. The van der Waals surface area contributed by atoms with Crippen molar-refractivity contribution in [2.45, 2.75) is 0 Å². The number of hydrogen-bond acceptors (Lipinski definition) is 5. The number of thiophene rings is 2. The van der Waals surface area contributed by atoms with Gasteiger partial charge in [0.05, 0.1) is 0 Å². The Morgan fingerprint density at radius 2 is 1.65 bits per heavy atom. The molecule has 0 bridgehead atoms. The first-order chi connectivity index (χ1) is 9.55. The molecule has 6 heteroatoms. The van der Waals surface area contributed by atoms with Crippen LogP contribution < -0.4 is 0 Å². The van der Waals surface area contributed by atoms with Gasteiger partial charge in [0.1, 0.15) is 5.75 Å². The number of ketones is 1. The third kappa shape index (κ3) is 4.88. The fourth-order valence-electron chi connectivity index (χ4n) is 1.41. The molecule has 0 unspecified atom stereocenters. The minimum Gasteiger partial charge on any atom is -0.294 e. The fraction of sp³-hybridized carbons (Fsp3) is 0.0714. The summed E-state index contributed by atoms with van der Waals surface area (Å²) >= 11 is 3.01. The molecule has 0 atom stereocenters. The molecule has 104 valence electrons. The Hall–Kier alpha value is -1.50. The topological polar surface area (TPSA) is 51.2 Å². The second kappa shape index (κ2) is 6.78. The number of carbonyl (C=O) groups is 1. The molecule has 0 aromatic carbocycles. The van der Waals surface area contributed by atoms with Crippen LogP contribution >= 0.6 is 22.7 Å². The second-order valence-electron chi connectivity index (χ2n) is 4.02. The maximum atomic E-state index is 11.8. The first-order valence-corrected chi connectivity index (χ1v) is 9.31. The maximum absolute atomic E-state index is 11.8. The Kier molecular flexibility index (Phi) is 5.05. The normalized spacial score (nSPS) is 12.4. The van der Waals surface area contributed by atoms with E-state index in [4.69, 9.17) is 0 Å². The first kappa shape index (κ1) is 14.9. The van der Waals surface area contributed by atoms with Gasteiger partial charge in [0.25, 0.3) is 0 Å². The smallest absolute Gasteiger partial charge is 0.179 e. The zero-order valence-corrected chi connectivity index (χ0v) is 12.9. The zero-order valence-electron chi connectivity index (χ0n) is 10.4. The van der Waals surface area contributed by atoms with Crippen molar-refractivity contribution in [3.63, 3.8) is 0 Å². The molecular weight excluding hydrogens is 312 g/mol. The summed E-state index contributed by atoms with van der Waals surface area (Å²) in [5, 5.41) is 8.57. The Labute approximate surface area is 125 Å². The van der Waals surface area contributed by atoms with E-state index in [2.05, 4.69) is 0 Å². The van der Waals surface area contributed by atoms with Crippen molar-refractivity contribution in [1.29, 1.82) is 0 Å². The van der Waals surface area contributed by atoms with E-state index < -0.39 is 21.4 Å². The molecule has 0 aliphatic heterocycles. The fourth-order valence-corrected chi connectivity index (χ4v) is 3.62. The molecule has 2 heterocycles. The molecule has 2 aromatic heterocycles. The van der Waals surface area contributed by atoms with Gasteiger partial charge < -0.3 is 0 Å². The molecule has 0 aliphatic carbocycles. The van der Waals surface area contributed by atoms with E-state index in [1.165, 1.54) is 34.8 Å². The largest absolute Gasteiger partial charge is 0.294 e. The van der Waals surface area contributed by atoms with Crippen molar-refractivity contribution in [2.24, 2.45) is 0 Å². The van der Waals surface area contributed by atoms with E-state index >= 15 is 0 Å². The van der Waals surface area contributed by atoms with Crippen LogP contribution in [0.5, 0.6) is 0 Å². The third-order valence-electron chi connectivity index (χ3n) is 2.36. The molecule has 3 nitrogen and oxygen atoms in total. The van der Waals surface area contributed by atoms with Crippen molar-refractivity contribution >= 4 is 50.4 Å². The highest BCUT2D eigenvalue weighted by atomic mass is 32.2. The van der Waals surface area contributed by atoms with Gasteiger partial charge >= 0.3 is 0 Å². The van der Waals surface area contributed by atoms with Gasteiger partial charge in [0, 0.05) is 5.41 Å². The van der Waals surface area contributed by atoms with Gasteiger partial charge in [-0.05, 0) is 56.9 Å². The van der Waals surface area contributed by atoms with Gasteiger partial charge in [-0.2, -0.15) is 22.7 Å². The van der Waals surface area contributed by atoms with Crippen LogP contribution in [0.1, 0.15) is 11.1 Å². The second-order valence-corrected chi connectivity index (χ2v) is 7.47. The van der Waals surface area contributed by atoms with Crippen molar-refractivity contribution < 1.29 is 13.2 Å². The molecule has 0 saturated heterocycles. The lowest BCUT2D eigenvalue weighted by atomic mass is 10.3. The molecule has 0 fully saturated rings. The molecule has 0 saturated carbocycles. The van der Waals surface area contributed by atoms with Crippen LogP contribution in [-0.4, -0.2) is 20.0 Å². The molecule has 20 heavy (non-hydrogen) atoms. The Bertz CT molecular complexity index is 706. The van der Waals surface area contributed by atoms with Gasteiger partial charge in [0.15, 0.2) is 15.6 Å². The van der Waals surface area contributed by atoms with E-state index in [0.717, 1.165) is 16.5 Å². The van der Waals surface area contributed by atoms with Crippen LogP contribution in [-0.2, 0) is 14.6 Å². The number of hydrogen-bond donors (Lipinski definition) is 0. The van der Waals surface area contributed by atoms with Gasteiger partial charge in [-0.15, -0.1) is 0 Å². The van der Waals surface area contributed by atoms with Crippen LogP contribution in [0.3, 0.4) is 0 Å². The standard InChI is InChI=1S/C14H12O3S3/c15-14(2-1-12-3-6-18-9-12)11-20(16,17)8-5-13-4-7-19-10-13/h1-10H,11H2/b2-1-,8-5-. The summed E-state index contributed by atoms with van der Waals surface area (Å²) in [6.45, 7) is 0. The van der Waals surface area contributed by atoms with Crippen LogP contribution in [0, 0.1) is 0 Å². The molecule has 0 radical (unpaired) electrons. The Balaban J connectivity index is 1.96. The average molecular weight is 324 g/mol. The van der Waals surface area contributed by atoms with Crippen LogP contribution in [0.15, 0.2) is 45.1 Å². The highest BCUT2D eigenvalue weighted by Gasteiger charge is 2.11. The van der Waals surface area contributed by atoms with E-state index in [1.54, 1.807) is 6.08 Å². The lowest BCUT2D eigenvalue weighted by Gasteiger charge is -1.94. The minimum absolute atomic E-state index is 0.425. The van der Waals surface area contributed by atoms with Crippen molar-refractivity contribution in [1.82, 2.24) is 0 Å². The molecule has 0 aliphatic rings. The average Bonchev–Trinajstić information content (AvgIpc) is 3.07. The monoisotopic (exact) mass is 324 g/mol. The zero-order chi connectivity index (χ0) is 14.4. The van der Waals surface area contributed by atoms with E-state index in [-0.39, 0.29) is 0 Å². The first-order valence-electron chi connectivity index (χ1n) is 5.71. The van der Waals surface area contributed by atoms with Gasteiger partial charge in [-0.25, -0.2) is 8.42 Å². The maximum Gasteiger partial charge on any atom is 0.179 e. The van der Waals surface area contributed by atoms with Crippen LogP contribution in [0.4, 0.5) is 0 Å².